The predicted molar refractivity (Wildman–Crippen MR) is 99.4 cm³/mol. The number of benzene rings is 1. The quantitative estimate of drug-likeness (QED) is 0.890. The average molecular weight is 344 g/mol. The first kappa shape index (κ1) is 16.7. The summed E-state index contributed by atoms with van der Waals surface area (Å²) in [5, 5.41) is 3.22. The summed E-state index contributed by atoms with van der Waals surface area (Å²) in [7, 11) is 2.11. The van der Waals surface area contributed by atoms with Gasteiger partial charge in [0.1, 0.15) is 0 Å². The molecule has 1 N–H and O–H groups in total. The van der Waals surface area contributed by atoms with E-state index in [0.717, 1.165) is 64.3 Å². The zero-order valence-corrected chi connectivity index (χ0v) is 15.0. The maximum atomic E-state index is 12.9. The number of rotatable bonds is 2. The molecule has 2 amide bonds. The van der Waals surface area contributed by atoms with Crippen LogP contribution in [0.5, 0.6) is 0 Å². The van der Waals surface area contributed by atoms with Crippen LogP contribution in [-0.4, -0.2) is 69.5 Å². The maximum Gasteiger partial charge on any atom is 0.322 e. The van der Waals surface area contributed by atoms with Crippen LogP contribution in [0.15, 0.2) is 24.3 Å². The summed E-state index contributed by atoms with van der Waals surface area (Å²) in [5.74, 6) is 0. The molecule has 3 aliphatic heterocycles. The first-order valence-corrected chi connectivity index (χ1v) is 9.42. The molecule has 1 aromatic rings. The average Bonchev–Trinajstić information content (AvgIpc) is 3.06. The Kier molecular flexibility index (Phi) is 4.81. The summed E-state index contributed by atoms with van der Waals surface area (Å²) in [5.41, 5.74) is 2.21. The minimum Gasteiger partial charge on any atom is -0.381 e. The Hall–Kier alpha value is -1.79. The topological polar surface area (TPSA) is 48.1 Å². The Balaban J connectivity index is 1.51. The predicted octanol–water partition coefficient (Wildman–Crippen LogP) is 1.91. The van der Waals surface area contributed by atoms with Gasteiger partial charge in [-0.25, -0.2) is 4.79 Å². The Morgan fingerprint density at radius 1 is 1.08 bits per heavy atom. The third-order valence-electron chi connectivity index (χ3n) is 5.64. The van der Waals surface area contributed by atoms with Crippen molar-refractivity contribution in [2.75, 3.05) is 56.2 Å². The van der Waals surface area contributed by atoms with Crippen molar-refractivity contribution in [1.82, 2.24) is 10.2 Å². The summed E-state index contributed by atoms with van der Waals surface area (Å²) in [4.78, 5) is 19.5. The number of nitrogens with one attached hydrogen (secondary N) is 1. The van der Waals surface area contributed by atoms with E-state index in [2.05, 4.69) is 40.4 Å². The lowest BCUT2D eigenvalue weighted by atomic mass is 10.0. The number of likely N-dealkylation sites (N-methyl/N-ethyl adjacent to an activating group) is 1. The Morgan fingerprint density at radius 3 is 2.56 bits per heavy atom. The van der Waals surface area contributed by atoms with Crippen LogP contribution < -0.4 is 15.1 Å². The number of nitrogens with zero attached hydrogens (tertiary/aromatic N) is 3. The molecule has 6 heteroatoms. The van der Waals surface area contributed by atoms with Crippen molar-refractivity contribution in [2.24, 2.45) is 0 Å². The third-order valence-corrected chi connectivity index (χ3v) is 5.64. The molecule has 0 bridgehead atoms. The van der Waals surface area contributed by atoms with E-state index in [9.17, 15) is 4.79 Å². The maximum absolute atomic E-state index is 12.9. The lowest BCUT2D eigenvalue weighted by molar-refractivity contribution is 0.0844. The molecule has 1 atom stereocenters. The normalized spacial score (nSPS) is 25.1. The summed E-state index contributed by atoms with van der Waals surface area (Å²) in [6, 6.07) is 9.13. The highest BCUT2D eigenvalue weighted by Gasteiger charge is 2.32. The van der Waals surface area contributed by atoms with E-state index in [1.807, 2.05) is 11.0 Å². The SMILES string of the molecule is CN1CC[C@@H](NC(=O)N2CCN(C3CCOCC3)c3ccccc32)C1. The van der Waals surface area contributed by atoms with Gasteiger partial charge in [-0.3, -0.25) is 4.90 Å². The largest absolute Gasteiger partial charge is 0.381 e. The second kappa shape index (κ2) is 7.22. The van der Waals surface area contributed by atoms with E-state index >= 15 is 0 Å². The monoisotopic (exact) mass is 344 g/mol. The van der Waals surface area contributed by atoms with Crippen molar-refractivity contribution in [3.63, 3.8) is 0 Å². The number of carbonyl (C=O) groups excluding carboxylic acids is 1. The van der Waals surface area contributed by atoms with E-state index in [1.165, 1.54) is 5.69 Å². The van der Waals surface area contributed by atoms with Gasteiger partial charge in [0, 0.05) is 44.9 Å². The lowest BCUT2D eigenvalue weighted by Gasteiger charge is -2.43. The molecule has 4 rings (SSSR count). The van der Waals surface area contributed by atoms with Gasteiger partial charge in [0.15, 0.2) is 0 Å². The fourth-order valence-electron chi connectivity index (χ4n) is 4.28. The van der Waals surface area contributed by atoms with Crippen molar-refractivity contribution >= 4 is 17.4 Å². The minimum atomic E-state index is 0.0411. The summed E-state index contributed by atoms with van der Waals surface area (Å²) in [6.45, 7) is 5.29. The van der Waals surface area contributed by atoms with Crippen molar-refractivity contribution in [3.8, 4) is 0 Å². The van der Waals surface area contributed by atoms with E-state index in [-0.39, 0.29) is 12.1 Å². The number of hydrogen-bond acceptors (Lipinski definition) is 4. The van der Waals surface area contributed by atoms with Crippen molar-refractivity contribution in [2.45, 2.75) is 31.3 Å². The molecule has 2 fully saturated rings. The first-order chi connectivity index (χ1) is 12.2. The van der Waals surface area contributed by atoms with Gasteiger partial charge < -0.3 is 19.9 Å². The van der Waals surface area contributed by atoms with E-state index in [1.54, 1.807) is 0 Å². The number of amides is 2. The summed E-state index contributed by atoms with van der Waals surface area (Å²) < 4.78 is 5.52. The lowest BCUT2D eigenvalue weighted by Crippen LogP contribution is -2.53. The van der Waals surface area contributed by atoms with Gasteiger partial charge in [0.25, 0.3) is 0 Å². The van der Waals surface area contributed by atoms with E-state index < -0.39 is 0 Å². The van der Waals surface area contributed by atoms with E-state index in [4.69, 9.17) is 4.74 Å². The van der Waals surface area contributed by atoms with Crippen LogP contribution in [0.1, 0.15) is 19.3 Å². The highest BCUT2D eigenvalue weighted by atomic mass is 16.5. The van der Waals surface area contributed by atoms with E-state index in [0.29, 0.717) is 6.04 Å². The Bertz CT molecular complexity index is 617. The molecule has 3 aliphatic rings. The number of anilines is 2. The number of para-hydroxylation sites is 2. The van der Waals surface area contributed by atoms with Gasteiger partial charge >= 0.3 is 6.03 Å². The zero-order valence-electron chi connectivity index (χ0n) is 15.0. The Morgan fingerprint density at radius 2 is 1.84 bits per heavy atom. The van der Waals surface area contributed by atoms with Gasteiger partial charge in [-0.1, -0.05) is 12.1 Å². The van der Waals surface area contributed by atoms with Crippen LogP contribution in [-0.2, 0) is 4.74 Å². The van der Waals surface area contributed by atoms with Crippen LogP contribution in [0, 0.1) is 0 Å². The molecule has 25 heavy (non-hydrogen) atoms. The number of hydrogen-bond donors (Lipinski definition) is 1. The van der Waals surface area contributed by atoms with Crippen molar-refractivity contribution in [3.05, 3.63) is 24.3 Å². The smallest absolute Gasteiger partial charge is 0.322 e. The van der Waals surface area contributed by atoms with Gasteiger partial charge in [-0.15, -0.1) is 0 Å². The van der Waals surface area contributed by atoms with Crippen molar-refractivity contribution in [1.29, 1.82) is 0 Å². The van der Waals surface area contributed by atoms with Crippen LogP contribution in [0.25, 0.3) is 0 Å². The molecule has 6 nitrogen and oxygen atoms in total. The molecule has 0 aromatic heterocycles. The molecule has 0 aliphatic carbocycles. The molecule has 136 valence electrons. The molecule has 0 unspecified atom stereocenters. The number of likely N-dealkylation sites (tertiary alicyclic amines) is 1. The molecule has 1 aromatic carbocycles. The van der Waals surface area contributed by atoms with Gasteiger partial charge in [-0.05, 0) is 45.0 Å². The Labute approximate surface area is 149 Å². The van der Waals surface area contributed by atoms with Crippen LogP contribution in [0.3, 0.4) is 0 Å². The molecule has 3 heterocycles. The number of urea groups is 1. The highest BCUT2D eigenvalue weighted by molar-refractivity contribution is 5.97. The first-order valence-electron chi connectivity index (χ1n) is 9.42. The molecular formula is C19H28N4O2. The molecule has 0 radical (unpaired) electrons. The fourth-order valence-corrected chi connectivity index (χ4v) is 4.28. The van der Waals surface area contributed by atoms with Crippen LogP contribution in [0.4, 0.5) is 16.2 Å². The van der Waals surface area contributed by atoms with Gasteiger partial charge in [0.2, 0.25) is 0 Å². The molecule has 2 saturated heterocycles. The summed E-state index contributed by atoms with van der Waals surface area (Å²) >= 11 is 0. The molecule has 0 saturated carbocycles. The fraction of sp³-hybridized carbons (Fsp3) is 0.632. The van der Waals surface area contributed by atoms with Gasteiger partial charge in [-0.2, -0.15) is 0 Å². The molecule has 0 spiro atoms. The van der Waals surface area contributed by atoms with Gasteiger partial charge in [0.05, 0.1) is 11.4 Å². The zero-order chi connectivity index (χ0) is 17.2. The van der Waals surface area contributed by atoms with Crippen LogP contribution in [0.2, 0.25) is 0 Å². The second-order valence-corrected chi connectivity index (χ2v) is 7.37. The standard InChI is InChI=1S/C19H28N4O2/c1-21-9-6-15(14-21)20-19(24)23-11-10-22(16-7-12-25-13-8-16)17-4-2-3-5-18(17)23/h2-5,15-16H,6-14H2,1H3,(H,20,24)/t15-/m1/s1. The number of carbonyl (C=O) groups is 1. The number of fused-ring (bicyclic) bond motifs is 1. The van der Waals surface area contributed by atoms with Crippen LogP contribution >= 0.6 is 0 Å². The third kappa shape index (κ3) is 3.46. The highest BCUT2D eigenvalue weighted by Crippen LogP contribution is 2.35. The summed E-state index contributed by atoms with van der Waals surface area (Å²) in [6.07, 6.45) is 3.16. The minimum absolute atomic E-state index is 0.0411. The second-order valence-electron chi connectivity index (χ2n) is 7.37. The molecular weight excluding hydrogens is 316 g/mol. The number of ether oxygens (including phenoxy) is 1. The van der Waals surface area contributed by atoms with Crippen molar-refractivity contribution < 1.29 is 9.53 Å².